The molecule has 3 rings (SSSR count). The highest BCUT2D eigenvalue weighted by Gasteiger charge is 2.17. The Labute approximate surface area is 141 Å². The lowest BCUT2D eigenvalue weighted by Gasteiger charge is -2.07. The lowest BCUT2D eigenvalue weighted by molar-refractivity contribution is -0.609. The van der Waals surface area contributed by atoms with Gasteiger partial charge in [-0.05, 0) is 18.1 Å². The van der Waals surface area contributed by atoms with Crippen LogP contribution in [0.5, 0.6) is 0 Å². The number of nitro groups is 1. The Morgan fingerprint density at radius 2 is 1.33 bits per heavy atom. The molecule has 0 fully saturated rings. The molecule has 24 heavy (non-hydrogen) atoms. The second kappa shape index (κ2) is 6.24. The van der Waals surface area contributed by atoms with Crippen molar-refractivity contribution in [1.29, 1.82) is 0 Å². The largest absolute Gasteiger partial charge is 0.269 e. The summed E-state index contributed by atoms with van der Waals surface area (Å²) in [6.45, 7) is 6.17. The summed E-state index contributed by atoms with van der Waals surface area (Å²) in [5, 5.41) is 10.8. The maximum atomic E-state index is 10.8. The Morgan fingerprint density at radius 3 is 1.83 bits per heavy atom. The first-order valence-corrected chi connectivity index (χ1v) is 7.81. The van der Waals surface area contributed by atoms with Crippen LogP contribution in [-0.2, 0) is 0 Å². The van der Waals surface area contributed by atoms with Crippen molar-refractivity contribution < 1.29 is 9.49 Å². The first kappa shape index (κ1) is 15.9. The molecule has 1 aromatic heterocycles. The van der Waals surface area contributed by atoms with E-state index in [0.29, 0.717) is 0 Å². The second-order valence-corrected chi connectivity index (χ2v) is 6.00. The van der Waals surface area contributed by atoms with Crippen LogP contribution < -0.4 is 4.57 Å². The molecule has 0 saturated carbocycles. The summed E-state index contributed by atoms with van der Waals surface area (Å²) in [5.74, 6) is 0. The monoisotopic (exact) mass is 319 g/mol. The zero-order valence-electron chi connectivity index (χ0n) is 14.0. The van der Waals surface area contributed by atoms with Crippen LogP contribution in [-0.4, -0.2) is 4.92 Å². The third-order valence-corrected chi connectivity index (χ3v) is 4.14. The zero-order valence-corrected chi connectivity index (χ0v) is 14.0. The number of aryl methyl sites for hydroxylation is 3. The summed E-state index contributed by atoms with van der Waals surface area (Å²) in [7, 11) is 0. The number of aromatic nitrogens is 1. The average molecular weight is 319 g/mol. The first-order chi connectivity index (χ1) is 11.5. The Kier molecular flexibility index (Phi) is 4.13. The van der Waals surface area contributed by atoms with Crippen molar-refractivity contribution in [2.45, 2.75) is 20.8 Å². The van der Waals surface area contributed by atoms with Gasteiger partial charge in [-0.2, -0.15) is 4.57 Å². The van der Waals surface area contributed by atoms with Gasteiger partial charge in [-0.25, -0.2) is 0 Å². The Hall–Kier alpha value is -3.01. The van der Waals surface area contributed by atoms with Crippen LogP contribution in [0.1, 0.15) is 17.0 Å². The maximum Gasteiger partial charge on any atom is 0.269 e. The fraction of sp³-hybridized carbons (Fsp3) is 0.150. The summed E-state index contributed by atoms with van der Waals surface area (Å²) in [4.78, 5) is 10.4. The fourth-order valence-corrected chi connectivity index (χ4v) is 2.94. The van der Waals surface area contributed by atoms with Crippen molar-refractivity contribution in [2.75, 3.05) is 0 Å². The van der Waals surface area contributed by atoms with Gasteiger partial charge in [-0.3, -0.25) is 10.1 Å². The van der Waals surface area contributed by atoms with E-state index in [1.807, 2.05) is 13.8 Å². The molecule has 4 nitrogen and oxygen atoms in total. The highest BCUT2D eigenvalue weighted by Crippen LogP contribution is 2.22. The lowest BCUT2D eigenvalue weighted by atomic mass is 10.0. The Bertz CT molecular complexity index is 875. The number of non-ortho nitro benzene ring substituents is 1. The van der Waals surface area contributed by atoms with Gasteiger partial charge in [0.05, 0.1) is 4.92 Å². The minimum atomic E-state index is -0.380. The van der Waals surface area contributed by atoms with Crippen LogP contribution >= 0.6 is 0 Å². The molecule has 4 heteroatoms. The van der Waals surface area contributed by atoms with E-state index >= 15 is 0 Å². The molecular formula is C20H19N2O2+. The quantitative estimate of drug-likeness (QED) is 0.406. The van der Waals surface area contributed by atoms with Gasteiger partial charge in [0.1, 0.15) is 0 Å². The van der Waals surface area contributed by atoms with E-state index in [4.69, 9.17) is 0 Å². The van der Waals surface area contributed by atoms with Crippen LogP contribution in [0.4, 0.5) is 5.69 Å². The molecule has 0 amide bonds. The van der Waals surface area contributed by atoms with E-state index in [-0.39, 0.29) is 10.6 Å². The van der Waals surface area contributed by atoms with E-state index in [0.717, 1.165) is 17.1 Å². The van der Waals surface area contributed by atoms with E-state index in [2.05, 4.69) is 47.9 Å². The second-order valence-electron chi connectivity index (χ2n) is 6.00. The standard InChI is InChI=1S/C20H19N2O2/c1-14-4-6-17(7-5-14)18-12-15(2)21(16(3)13-18)19-8-10-20(11-9-19)22(23)24/h4-13H,1-3H3/q+1. The Balaban J connectivity index is 2.04. The van der Waals surface area contributed by atoms with E-state index in [9.17, 15) is 10.1 Å². The summed E-state index contributed by atoms with van der Waals surface area (Å²) in [6, 6.07) is 19.4. The molecule has 1 heterocycles. The van der Waals surface area contributed by atoms with Gasteiger partial charge < -0.3 is 0 Å². The highest BCUT2D eigenvalue weighted by atomic mass is 16.6. The topological polar surface area (TPSA) is 47.0 Å². The zero-order chi connectivity index (χ0) is 17.3. The smallest absolute Gasteiger partial charge is 0.258 e. The normalized spacial score (nSPS) is 10.6. The molecular weight excluding hydrogens is 300 g/mol. The van der Waals surface area contributed by atoms with Gasteiger partial charge in [0.15, 0.2) is 11.4 Å². The number of hydrogen-bond acceptors (Lipinski definition) is 2. The van der Waals surface area contributed by atoms with Gasteiger partial charge >= 0.3 is 0 Å². The summed E-state index contributed by atoms with van der Waals surface area (Å²) in [5.41, 5.74) is 6.78. The molecule has 0 N–H and O–H groups in total. The van der Waals surface area contributed by atoms with Gasteiger partial charge in [0.2, 0.25) is 5.69 Å². The SMILES string of the molecule is Cc1ccc(-c2cc(C)[n+](-c3ccc([N+](=O)[O-])cc3)c(C)c2)cc1. The highest BCUT2D eigenvalue weighted by molar-refractivity contribution is 5.64. The van der Waals surface area contributed by atoms with Gasteiger partial charge in [-0.15, -0.1) is 0 Å². The predicted octanol–water partition coefficient (Wildman–Crippen LogP) is 4.46. The molecule has 0 spiro atoms. The lowest BCUT2D eigenvalue weighted by Crippen LogP contribution is -2.37. The molecule has 120 valence electrons. The van der Waals surface area contributed by atoms with Crippen LogP contribution in [0.2, 0.25) is 0 Å². The molecule has 2 aromatic carbocycles. The molecule has 3 aromatic rings. The number of nitrogens with zero attached hydrogens (tertiary/aromatic N) is 2. The number of benzene rings is 2. The van der Waals surface area contributed by atoms with Crippen LogP contribution in [0.15, 0.2) is 60.7 Å². The molecule has 0 aliphatic heterocycles. The van der Waals surface area contributed by atoms with Crippen molar-refractivity contribution in [1.82, 2.24) is 0 Å². The number of rotatable bonds is 3. The summed E-state index contributed by atoms with van der Waals surface area (Å²) < 4.78 is 2.10. The van der Waals surface area contributed by atoms with Crippen molar-refractivity contribution >= 4 is 5.69 Å². The number of pyridine rings is 1. The average Bonchev–Trinajstić information content (AvgIpc) is 2.55. The molecule has 0 aliphatic rings. The van der Waals surface area contributed by atoms with Gasteiger partial charge in [-0.1, -0.05) is 29.8 Å². The summed E-state index contributed by atoms with van der Waals surface area (Å²) >= 11 is 0. The number of nitro benzene ring substituents is 1. The number of hydrogen-bond donors (Lipinski definition) is 0. The fourth-order valence-electron chi connectivity index (χ4n) is 2.94. The van der Waals surface area contributed by atoms with Crippen LogP contribution in [0, 0.1) is 30.9 Å². The Morgan fingerprint density at radius 1 is 0.792 bits per heavy atom. The minimum Gasteiger partial charge on any atom is -0.258 e. The van der Waals surface area contributed by atoms with Crippen molar-refractivity contribution in [2.24, 2.45) is 0 Å². The third-order valence-electron chi connectivity index (χ3n) is 4.14. The molecule has 0 saturated heterocycles. The van der Waals surface area contributed by atoms with E-state index < -0.39 is 0 Å². The molecule has 0 unspecified atom stereocenters. The van der Waals surface area contributed by atoms with Crippen molar-refractivity contribution in [3.8, 4) is 16.8 Å². The third kappa shape index (κ3) is 3.04. The van der Waals surface area contributed by atoms with E-state index in [1.54, 1.807) is 12.1 Å². The summed E-state index contributed by atoms with van der Waals surface area (Å²) in [6.07, 6.45) is 0. The molecule has 0 atom stereocenters. The van der Waals surface area contributed by atoms with Crippen LogP contribution in [0.25, 0.3) is 16.8 Å². The van der Waals surface area contributed by atoms with Gasteiger partial charge in [0, 0.05) is 50.2 Å². The van der Waals surface area contributed by atoms with Crippen molar-refractivity contribution in [3.63, 3.8) is 0 Å². The van der Waals surface area contributed by atoms with Crippen LogP contribution in [0.3, 0.4) is 0 Å². The van der Waals surface area contributed by atoms with E-state index in [1.165, 1.54) is 28.8 Å². The molecule has 0 aliphatic carbocycles. The predicted molar refractivity (Wildman–Crippen MR) is 94.3 cm³/mol. The minimum absolute atomic E-state index is 0.103. The molecule has 0 bridgehead atoms. The van der Waals surface area contributed by atoms with Crippen molar-refractivity contribution in [3.05, 3.63) is 87.7 Å². The van der Waals surface area contributed by atoms with Gasteiger partial charge in [0.25, 0.3) is 5.69 Å². The molecule has 0 radical (unpaired) electrons. The maximum absolute atomic E-state index is 10.8. The first-order valence-electron chi connectivity index (χ1n) is 7.81.